The van der Waals surface area contributed by atoms with Crippen molar-refractivity contribution in [1.29, 1.82) is 5.26 Å². The number of aliphatic hydroxyl groups excluding tert-OH is 1. The van der Waals surface area contributed by atoms with Crippen molar-refractivity contribution >= 4 is 9.84 Å². The number of ether oxygens (including phenoxy) is 1. The van der Waals surface area contributed by atoms with Crippen LogP contribution in [0, 0.1) is 34.7 Å². The predicted molar refractivity (Wildman–Crippen MR) is 154 cm³/mol. The van der Waals surface area contributed by atoms with Crippen molar-refractivity contribution in [2.75, 3.05) is 26.2 Å². The van der Waals surface area contributed by atoms with E-state index >= 15 is 0 Å². The van der Waals surface area contributed by atoms with Crippen LogP contribution in [0.25, 0.3) is 0 Å². The molecule has 2 saturated heterocycles. The Morgan fingerprint density at radius 1 is 0.898 bits per heavy atom. The van der Waals surface area contributed by atoms with Crippen LogP contribution in [-0.2, 0) is 31.5 Å². The maximum atomic E-state index is 14.5. The van der Waals surface area contributed by atoms with Crippen LogP contribution in [0.4, 0.5) is 39.5 Å². The van der Waals surface area contributed by atoms with Gasteiger partial charge in [-0.1, -0.05) is 30.3 Å². The number of rotatable bonds is 9. The third-order valence-electron chi connectivity index (χ3n) is 9.07. The van der Waals surface area contributed by atoms with Gasteiger partial charge in [0.05, 0.1) is 23.5 Å². The Balaban J connectivity index is 1.59. The number of hydrogen-bond donors (Lipinski definition) is 1. The zero-order chi connectivity index (χ0) is 36.0. The van der Waals surface area contributed by atoms with Crippen molar-refractivity contribution in [1.82, 2.24) is 9.80 Å². The highest BCUT2D eigenvalue weighted by Gasteiger charge is 2.73. The lowest BCUT2D eigenvalue weighted by atomic mass is 9.88. The quantitative estimate of drug-likeness (QED) is 0.210. The first-order valence-corrected chi connectivity index (χ1v) is 16.2. The monoisotopic (exact) mass is 721 g/mol. The first-order valence-electron chi connectivity index (χ1n) is 14.8. The van der Waals surface area contributed by atoms with E-state index in [9.17, 15) is 58.3 Å². The van der Waals surface area contributed by atoms with Crippen molar-refractivity contribution < 1.29 is 57.8 Å². The normalized spacial score (nSPS) is 21.9. The molecule has 7 nitrogen and oxygen atoms in total. The first kappa shape index (κ1) is 36.6. The Kier molecular flexibility index (Phi) is 9.87. The van der Waals surface area contributed by atoms with Crippen molar-refractivity contribution in [3.8, 4) is 6.07 Å². The summed E-state index contributed by atoms with van der Waals surface area (Å²) >= 11 is 0. The fourth-order valence-corrected chi connectivity index (χ4v) is 8.47. The topological polar surface area (TPSA) is 93.9 Å². The minimum absolute atomic E-state index is 0.0938. The molecule has 0 bridgehead atoms. The van der Waals surface area contributed by atoms with E-state index in [4.69, 9.17) is 0 Å². The first-order chi connectivity index (χ1) is 22.9. The molecule has 0 amide bonds. The summed E-state index contributed by atoms with van der Waals surface area (Å²) in [6.07, 6.45) is -13.7. The third kappa shape index (κ3) is 6.40. The molecule has 1 N–H and O–H groups in total. The average Bonchev–Trinajstić information content (AvgIpc) is 3.71. The minimum Gasteiger partial charge on any atom is -0.365 e. The van der Waals surface area contributed by atoms with Gasteiger partial charge in [-0.15, -0.1) is 0 Å². The highest BCUT2D eigenvalue weighted by Crippen LogP contribution is 2.54. The maximum Gasteiger partial charge on any atom is 0.430 e. The smallest absolute Gasteiger partial charge is 0.365 e. The molecular formula is C32H28F9N3O4S. The summed E-state index contributed by atoms with van der Waals surface area (Å²) in [5.41, 5.74) is -8.06. The SMILES string of the molecule is N#CC1CCN(C(O)N2CCC(c3ccc(C(OCc4c(F)cccc4F)(C(F)(F)F)C(F)(F)F)cc3)(S(=O)(=O)c3ccc(F)cc3)C2)C1. The van der Waals surface area contributed by atoms with Gasteiger partial charge in [0.1, 0.15) is 22.2 Å². The lowest BCUT2D eigenvalue weighted by Gasteiger charge is -2.38. The molecule has 17 heteroatoms. The van der Waals surface area contributed by atoms with Crippen LogP contribution in [0.5, 0.6) is 0 Å². The van der Waals surface area contributed by atoms with Gasteiger partial charge in [0.2, 0.25) is 0 Å². The Morgan fingerprint density at radius 2 is 1.49 bits per heavy atom. The number of sulfone groups is 1. The van der Waals surface area contributed by atoms with Gasteiger partial charge in [-0.05, 0) is 54.8 Å². The Bertz CT molecular complexity index is 1780. The number of alkyl halides is 6. The van der Waals surface area contributed by atoms with Crippen LogP contribution >= 0.6 is 0 Å². The molecule has 2 heterocycles. The van der Waals surface area contributed by atoms with Gasteiger partial charge < -0.3 is 9.84 Å². The molecule has 0 radical (unpaired) electrons. The van der Waals surface area contributed by atoms with Crippen LogP contribution in [0.3, 0.4) is 0 Å². The summed E-state index contributed by atoms with van der Waals surface area (Å²) in [4.78, 5) is 2.50. The van der Waals surface area contributed by atoms with Gasteiger partial charge in [-0.2, -0.15) is 31.6 Å². The third-order valence-corrected chi connectivity index (χ3v) is 11.6. The van der Waals surface area contributed by atoms with Gasteiger partial charge in [-0.25, -0.2) is 21.6 Å². The summed E-state index contributed by atoms with van der Waals surface area (Å²) < 4.78 is 160. The van der Waals surface area contributed by atoms with Gasteiger partial charge in [0, 0.05) is 37.3 Å². The molecule has 49 heavy (non-hydrogen) atoms. The highest BCUT2D eigenvalue weighted by molar-refractivity contribution is 7.92. The van der Waals surface area contributed by atoms with Crippen molar-refractivity contribution in [2.24, 2.45) is 5.92 Å². The van der Waals surface area contributed by atoms with Crippen LogP contribution in [-0.4, -0.2) is 68.2 Å². The summed E-state index contributed by atoms with van der Waals surface area (Å²) in [7, 11) is -4.59. The summed E-state index contributed by atoms with van der Waals surface area (Å²) in [5, 5.41) is 20.4. The lowest BCUT2D eigenvalue weighted by molar-refractivity contribution is -0.392. The second kappa shape index (κ2) is 13.2. The molecule has 3 aromatic carbocycles. The number of nitriles is 1. The van der Waals surface area contributed by atoms with E-state index in [1.807, 2.05) is 0 Å². The van der Waals surface area contributed by atoms with Crippen LogP contribution < -0.4 is 0 Å². The van der Waals surface area contributed by atoms with E-state index in [0.717, 1.165) is 42.5 Å². The fraction of sp³-hybridized carbons (Fsp3) is 0.406. The van der Waals surface area contributed by atoms with Gasteiger partial charge >= 0.3 is 12.4 Å². The van der Waals surface area contributed by atoms with E-state index in [1.165, 1.54) is 9.80 Å². The molecule has 3 atom stereocenters. The molecule has 0 saturated carbocycles. The Hall–Kier alpha value is -3.69. The number of likely N-dealkylation sites (tertiary alicyclic amines) is 2. The number of hydrogen-bond acceptors (Lipinski definition) is 7. The molecule has 5 rings (SSSR count). The molecule has 2 fully saturated rings. The zero-order valence-electron chi connectivity index (χ0n) is 25.3. The molecule has 2 aliphatic rings. The lowest BCUT2D eigenvalue weighted by Crippen LogP contribution is -2.56. The van der Waals surface area contributed by atoms with Gasteiger partial charge in [-0.3, -0.25) is 9.80 Å². The van der Waals surface area contributed by atoms with E-state index < -0.39 is 91.4 Å². The molecule has 3 aromatic rings. The van der Waals surface area contributed by atoms with E-state index in [0.29, 0.717) is 37.2 Å². The minimum atomic E-state index is -6.22. The number of aliphatic hydroxyl groups is 1. The van der Waals surface area contributed by atoms with Crippen LogP contribution in [0.2, 0.25) is 0 Å². The molecule has 0 aliphatic carbocycles. The second-order valence-electron chi connectivity index (χ2n) is 11.9. The molecule has 0 spiro atoms. The highest BCUT2D eigenvalue weighted by atomic mass is 32.2. The standard InChI is InChI=1S/C32H28F9N3O4S/c33-23-8-10-24(11-9-23)49(46,47)29(13-15-44(19-29)28(45)43-14-12-20(16-42)17-43)21-4-6-22(7-5-21)30(31(36,37)38,32(39,40)41)48-18-25-26(34)2-1-3-27(25)35/h1-11,20,28,45H,12-15,17-19H2. The van der Waals surface area contributed by atoms with Crippen molar-refractivity contribution in [3.63, 3.8) is 0 Å². The molecule has 3 unspecified atom stereocenters. The van der Waals surface area contributed by atoms with E-state index in [-0.39, 0.29) is 25.1 Å². The largest absolute Gasteiger partial charge is 0.430 e. The van der Waals surface area contributed by atoms with Crippen molar-refractivity contribution in [3.05, 3.63) is 101 Å². The summed E-state index contributed by atoms with van der Waals surface area (Å²) in [6.45, 7) is -1.86. The predicted octanol–water partition coefficient (Wildman–Crippen LogP) is 6.14. The average molecular weight is 722 g/mol. The molecule has 2 aliphatic heterocycles. The summed E-state index contributed by atoms with van der Waals surface area (Å²) in [6, 6.07) is 10.2. The maximum absolute atomic E-state index is 14.5. The molecular weight excluding hydrogens is 693 g/mol. The number of nitrogens with zero attached hydrogens (tertiary/aromatic N) is 3. The number of benzene rings is 3. The zero-order valence-corrected chi connectivity index (χ0v) is 26.1. The molecule has 0 aromatic heterocycles. The fourth-order valence-electron chi connectivity index (χ4n) is 6.38. The van der Waals surface area contributed by atoms with E-state index in [2.05, 4.69) is 10.8 Å². The van der Waals surface area contributed by atoms with Crippen LogP contribution in [0.15, 0.2) is 71.6 Å². The number of halogens is 9. The van der Waals surface area contributed by atoms with Gasteiger partial charge in [0.25, 0.3) is 5.60 Å². The van der Waals surface area contributed by atoms with Crippen LogP contribution in [0.1, 0.15) is 29.5 Å². The van der Waals surface area contributed by atoms with Gasteiger partial charge in [0.15, 0.2) is 16.2 Å². The molecule has 264 valence electrons. The Morgan fingerprint density at radius 3 is 2.02 bits per heavy atom. The second-order valence-corrected chi connectivity index (χ2v) is 14.1. The van der Waals surface area contributed by atoms with E-state index in [1.54, 1.807) is 0 Å². The summed E-state index contributed by atoms with van der Waals surface area (Å²) in [5.74, 6) is -4.04. The van der Waals surface area contributed by atoms with Crippen molar-refractivity contribution in [2.45, 2.75) is 53.4 Å². The Labute approximate surface area is 275 Å².